The van der Waals surface area contributed by atoms with Crippen molar-refractivity contribution in [2.24, 2.45) is 0 Å². The maximum atomic E-state index is 13.9. The molecular formula is C12H16F2N2. The van der Waals surface area contributed by atoms with E-state index in [1.807, 2.05) is 0 Å². The highest BCUT2D eigenvalue weighted by atomic mass is 19.1. The molecule has 1 aromatic rings. The van der Waals surface area contributed by atoms with Crippen LogP contribution in [0.1, 0.15) is 12.0 Å². The van der Waals surface area contributed by atoms with Gasteiger partial charge in [0, 0.05) is 19.6 Å². The van der Waals surface area contributed by atoms with Crippen molar-refractivity contribution in [3.05, 3.63) is 29.3 Å². The van der Waals surface area contributed by atoms with Crippen molar-refractivity contribution in [1.29, 1.82) is 0 Å². The summed E-state index contributed by atoms with van der Waals surface area (Å²) in [6.45, 7) is 4.69. The van der Waals surface area contributed by atoms with Gasteiger partial charge < -0.3 is 10.2 Å². The van der Waals surface area contributed by atoms with Gasteiger partial charge in [0.05, 0.1) is 0 Å². The Hall–Kier alpha value is -1.16. The summed E-state index contributed by atoms with van der Waals surface area (Å²) < 4.78 is 27.5. The minimum atomic E-state index is -0.468. The van der Waals surface area contributed by atoms with Crippen LogP contribution in [0.2, 0.25) is 0 Å². The lowest BCUT2D eigenvalue weighted by Crippen LogP contribution is -2.29. The van der Waals surface area contributed by atoms with E-state index in [1.54, 1.807) is 11.8 Å². The number of benzene rings is 1. The van der Waals surface area contributed by atoms with E-state index >= 15 is 0 Å². The molecule has 0 saturated carbocycles. The molecule has 0 aromatic heterocycles. The average Bonchev–Trinajstić information content (AvgIpc) is 2.53. The van der Waals surface area contributed by atoms with E-state index in [0.717, 1.165) is 19.5 Å². The maximum Gasteiger partial charge on any atom is 0.152 e. The fraction of sp³-hybridized carbons (Fsp3) is 0.500. The second-order valence-corrected chi connectivity index (χ2v) is 4.12. The van der Waals surface area contributed by atoms with E-state index in [4.69, 9.17) is 0 Å². The van der Waals surface area contributed by atoms with Crippen molar-refractivity contribution in [3.8, 4) is 0 Å². The smallest absolute Gasteiger partial charge is 0.152 e. The standard InChI is InChI=1S/C12H16F2N2/c1-9-3-4-10(13)12(11(9)14)16-7-2-5-15-6-8-16/h3-4,15H,2,5-8H2,1H3. The largest absolute Gasteiger partial charge is 0.365 e. The van der Waals surface area contributed by atoms with Gasteiger partial charge in [-0.3, -0.25) is 0 Å². The molecule has 0 spiro atoms. The zero-order valence-corrected chi connectivity index (χ0v) is 9.39. The van der Waals surface area contributed by atoms with Gasteiger partial charge in [-0.25, -0.2) is 8.78 Å². The minimum Gasteiger partial charge on any atom is -0.365 e. The molecular weight excluding hydrogens is 210 g/mol. The van der Waals surface area contributed by atoms with Gasteiger partial charge in [0.1, 0.15) is 11.5 Å². The van der Waals surface area contributed by atoms with E-state index in [2.05, 4.69) is 5.32 Å². The Balaban J connectivity index is 2.33. The Morgan fingerprint density at radius 1 is 1.19 bits per heavy atom. The predicted molar refractivity (Wildman–Crippen MR) is 60.8 cm³/mol. The van der Waals surface area contributed by atoms with Crippen LogP contribution in [-0.2, 0) is 0 Å². The summed E-state index contributed by atoms with van der Waals surface area (Å²) in [5.41, 5.74) is 0.623. The van der Waals surface area contributed by atoms with Crippen molar-refractivity contribution in [1.82, 2.24) is 5.32 Å². The summed E-state index contributed by atoms with van der Waals surface area (Å²) in [7, 11) is 0. The molecule has 88 valence electrons. The number of aryl methyl sites for hydroxylation is 1. The van der Waals surface area contributed by atoms with Crippen molar-refractivity contribution >= 4 is 5.69 Å². The van der Waals surface area contributed by atoms with Gasteiger partial charge in [-0.2, -0.15) is 0 Å². The SMILES string of the molecule is Cc1ccc(F)c(N2CCCNCC2)c1F. The van der Waals surface area contributed by atoms with Crippen molar-refractivity contribution in [3.63, 3.8) is 0 Å². The second kappa shape index (κ2) is 4.78. The zero-order valence-electron chi connectivity index (χ0n) is 9.39. The van der Waals surface area contributed by atoms with Crippen LogP contribution in [0.4, 0.5) is 14.5 Å². The number of halogens is 2. The summed E-state index contributed by atoms with van der Waals surface area (Å²) in [5.74, 6) is -0.896. The first-order valence-electron chi connectivity index (χ1n) is 5.60. The van der Waals surface area contributed by atoms with Crippen LogP contribution in [0.15, 0.2) is 12.1 Å². The van der Waals surface area contributed by atoms with E-state index in [-0.39, 0.29) is 5.69 Å². The highest BCUT2D eigenvalue weighted by Gasteiger charge is 2.19. The topological polar surface area (TPSA) is 15.3 Å². The normalized spacial score (nSPS) is 17.3. The number of hydrogen-bond donors (Lipinski definition) is 1. The van der Waals surface area contributed by atoms with E-state index in [0.29, 0.717) is 18.7 Å². The third-order valence-corrected chi connectivity index (χ3v) is 2.92. The van der Waals surface area contributed by atoms with Gasteiger partial charge in [0.2, 0.25) is 0 Å². The van der Waals surface area contributed by atoms with Crippen LogP contribution in [0, 0.1) is 18.6 Å². The third-order valence-electron chi connectivity index (χ3n) is 2.92. The van der Waals surface area contributed by atoms with Crippen molar-refractivity contribution in [2.45, 2.75) is 13.3 Å². The molecule has 0 amide bonds. The van der Waals surface area contributed by atoms with Crippen LogP contribution < -0.4 is 10.2 Å². The van der Waals surface area contributed by atoms with Crippen LogP contribution in [0.3, 0.4) is 0 Å². The lowest BCUT2D eigenvalue weighted by Gasteiger charge is -2.23. The average molecular weight is 226 g/mol. The Bertz CT molecular complexity index is 372. The van der Waals surface area contributed by atoms with Gasteiger partial charge in [-0.1, -0.05) is 6.07 Å². The van der Waals surface area contributed by atoms with E-state index < -0.39 is 11.6 Å². The molecule has 1 N–H and O–H groups in total. The Morgan fingerprint density at radius 2 is 2.00 bits per heavy atom. The monoisotopic (exact) mass is 226 g/mol. The number of hydrogen-bond acceptors (Lipinski definition) is 2. The summed E-state index contributed by atoms with van der Waals surface area (Å²) in [6.07, 6.45) is 0.910. The van der Waals surface area contributed by atoms with Gasteiger partial charge in [0.15, 0.2) is 5.82 Å². The molecule has 0 bridgehead atoms. The van der Waals surface area contributed by atoms with Crippen molar-refractivity contribution < 1.29 is 8.78 Å². The molecule has 0 atom stereocenters. The van der Waals surface area contributed by atoms with Gasteiger partial charge in [-0.05, 0) is 31.5 Å². The summed E-state index contributed by atoms with van der Waals surface area (Å²) in [5, 5.41) is 3.21. The molecule has 1 aromatic carbocycles. The first kappa shape index (κ1) is 11.3. The Kier molecular flexibility index (Phi) is 3.39. The number of nitrogens with one attached hydrogen (secondary N) is 1. The van der Waals surface area contributed by atoms with Crippen LogP contribution in [-0.4, -0.2) is 26.2 Å². The summed E-state index contributed by atoms with van der Waals surface area (Å²) >= 11 is 0. The fourth-order valence-electron chi connectivity index (χ4n) is 2.00. The van der Waals surface area contributed by atoms with E-state index in [1.165, 1.54) is 12.1 Å². The first-order valence-corrected chi connectivity index (χ1v) is 5.60. The molecule has 2 nitrogen and oxygen atoms in total. The van der Waals surface area contributed by atoms with Crippen LogP contribution >= 0.6 is 0 Å². The second-order valence-electron chi connectivity index (χ2n) is 4.12. The summed E-state index contributed by atoms with van der Waals surface area (Å²) in [4.78, 5) is 1.79. The molecule has 1 heterocycles. The summed E-state index contributed by atoms with van der Waals surface area (Å²) in [6, 6.07) is 2.82. The van der Waals surface area contributed by atoms with Crippen molar-refractivity contribution in [2.75, 3.05) is 31.1 Å². The minimum absolute atomic E-state index is 0.128. The Morgan fingerprint density at radius 3 is 2.81 bits per heavy atom. The molecule has 1 aliphatic heterocycles. The van der Waals surface area contributed by atoms with Gasteiger partial charge in [0.25, 0.3) is 0 Å². The van der Waals surface area contributed by atoms with Crippen LogP contribution in [0.25, 0.3) is 0 Å². The first-order chi connectivity index (χ1) is 7.70. The molecule has 4 heteroatoms. The molecule has 1 aliphatic rings. The van der Waals surface area contributed by atoms with E-state index in [9.17, 15) is 8.78 Å². The molecule has 2 rings (SSSR count). The molecule has 0 aliphatic carbocycles. The molecule has 1 fully saturated rings. The Labute approximate surface area is 94.3 Å². The van der Waals surface area contributed by atoms with Crippen LogP contribution in [0.5, 0.6) is 0 Å². The zero-order chi connectivity index (χ0) is 11.5. The highest BCUT2D eigenvalue weighted by Crippen LogP contribution is 2.26. The third kappa shape index (κ3) is 2.16. The number of rotatable bonds is 1. The molecule has 0 radical (unpaired) electrons. The maximum absolute atomic E-state index is 13.9. The van der Waals surface area contributed by atoms with Gasteiger partial charge in [-0.15, -0.1) is 0 Å². The fourth-order valence-corrected chi connectivity index (χ4v) is 2.00. The van der Waals surface area contributed by atoms with Gasteiger partial charge >= 0.3 is 0 Å². The predicted octanol–water partition coefficient (Wildman–Crippen LogP) is 2.07. The number of anilines is 1. The lowest BCUT2D eigenvalue weighted by atomic mass is 10.1. The quantitative estimate of drug-likeness (QED) is 0.788. The molecule has 0 unspecified atom stereocenters. The molecule has 1 saturated heterocycles. The highest BCUT2D eigenvalue weighted by molar-refractivity contribution is 5.51. The number of nitrogens with zero attached hydrogens (tertiary/aromatic N) is 1. The molecule has 16 heavy (non-hydrogen) atoms. The lowest BCUT2D eigenvalue weighted by molar-refractivity contribution is 0.566.